The molecule has 0 fully saturated rings. The van der Waals surface area contributed by atoms with Crippen molar-refractivity contribution in [2.45, 2.75) is 25.1 Å². The molecule has 0 spiro atoms. The van der Waals surface area contributed by atoms with Crippen molar-refractivity contribution in [3.63, 3.8) is 0 Å². The molecule has 1 unspecified atom stereocenters. The van der Waals surface area contributed by atoms with E-state index in [4.69, 9.17) is 9.47 Å². The van der Waals surface area contributed by atoms with E-state index in [1.54, 1.807) is 7.11 Å². The van der Waals surface area contributed by atoms with Crippen molar-refractivity contribution < 1.29 is 14.3 Å². The van der Waals surface area contributed by atoms with Crippen LogP contribution < -0.4 is 14.8 Å². The molecule has 0 saturated heterocycles. The summed E-state index contributed by atoms with van der Waals surface area (Å²) in [5.74, 6) is 2.21. The number of aromatic nitrogens is 3. The molecular formula is C21H23BrN4O3S. The van der Waals surface area contributed by atoms with Crippen molar-refractivity contribution >= 4 is 39.3 Å². The summed E-state index contributed by atoms with van der Waals surface area (Å²) in [5.41, 5.74) is 1.79. The van der Waals surface area contributed by atoms with Crippen LogP contribution in [-0.4, -0.2) is 33.5 Å². The monoisotopic (exact) mass is 490 g/mol. The molecule has 1 N–H and O–H groups in total. The summed E-state index contributed by atoms with van der Waals surface area (Å²) in [7, 11) is 3.47. The molecule has 1 atom stereocenters. The number of hydrogen-bond acceptors (Lipinski definition) is 6. The minimum Gasteiger partial charge on any atom is -0.497 e. The van der Waals surface area contributed by atoms with Crippen LogP contribution in [0.25, 0.3) is 0 Å². The first-order valence-corrected chi connectivity index (χ1v) is 11.0. The molecule has 3 rings (SSSR count). The summed E-state index contributed by atoms with van der Waals surface area (Å²) < 4.78 is 14.0. The van der Waals surface area contributed by atoms with Gasteiger partial charge in [0.25, 0.3) is 0 Å². The number of methoxy groups -OCH3 is 1. The summed E-state index contributed by atoms with van der Waals surface area (Å²) in [6, 6.07) is 13.1. The third-order valence-corrected chi connectivity index (χ3v) is 5.89. The predicted octanol–water partition coefficient (Wildman–Crippen LogP) is 4.77. The maximum Gasteiger partial charge on any atom is 0.234 e. The molecule has 0 aliphatic heterocycles. The summed E-state index contributed by atoms with van der Waals surface area (Å²) in [6.45, 7) is 3.85. The van der Waals surface area contributed by atoms with Crippen LogP contribution in [0.5, 0.6) is 11.5 Å². The number of amides is 1. The SMILES string of the molecule is COc1cccc(OC(C)c2nnc(SCC(=O)Nc3ccc(Br)cc3C)n2C)c1. The minimum absolute atomic E-state index is 0.101. The van der Waals surface area contributed by atoms with Crippen molar-refractivity contribution in [3.8, 4) is 11.5 Å². The summed E-state index contributed by atoms with van der Waals surface area (Å²) in [5, 5.41) is 12.0. The lowest BCUT2D eigenvalue weighted by Crippen LogP contribution is -2.15. The Morgan fingerprint density at radius 2 is 2.00 bits per heavy atom. The zero-order valence-electron chi connectivity index (χ0n) is 17.2. The van der Waals surface area contributed by atoms with Crippen LogP contribution in [0, 0.1) is 6.92 Å². The molecule has 7 nitrogen and oxygen atoms in total. The fourth-order valence-corrected chi connectivity index (χ4v) is 4.01. The number of carbonyl (C=O) groups is 1. The van der Waals surface area contributed by atoms with Gasteiger partial charge in [-0.1, -0.05) is 33.8 Å². The summed E-state index contributed by atoms with van der Waals surface area (Å²) in [4.78, 5) is 12.3. The van der Waals surface area contributed by atoms with Crippen LogP contribution in [0.3, 0.4) is 0 Å². The average Bonchev–Trinajstić information content (AvgIpc) is 3.09. The quantitative estimate of drug-likeness (QED) is 0.458. The molecule has 30 heavy (non-hydrogen) atoms. The Morgan fingerprint density at radius 3 is 2.73 bits per heavy atom. The maximum atomic E-state index is 12.3. The minimum atomic E-state index is -0.316. The Kier molecular flexibility index (Phi) is 7.38. The van der Waals surface area contributed by atoms with Crippen LogP contribution in [0.2, 0.25) is 0 Å². The van der Waals surface area contributed by atoms with Crippen molar-refractivity contribution in [3.05, 3.63) is 58.3 Å². The van der Waals surface area contributed by atoms with E-state index in [9.17, 15) is 4.79 Å². The molecule has 1 heterocycles. The van der Waals surface area contributed by atoms with Gasteiger partial charge < -0.3 is 19.4 Å². The van der Waals surface area contributed by atoms with Gasteiger partial charge in [0.2, 0.25) is 5.91 Å². The van der Waals surface area contributed by atoms with Crippen molar-refractivity contribution in [1.82, 2.24) is 14.8 Å². The third kappa shape index (κ3) is 5.54. The van der Waals surface area contributed by atoms with E-state index in [0.29, 0.717) is 16.7 Å². The smallest absolute Gasteiger partial charge is 0.234 e. The summed E-state index contributed by atoms with van der Waals surface area (Å²) in [6.07, 6.45) is -0.316. The molecule has 1 amide bonds. The van der Waals surface area contributed by atoms with Crippen LogP contribution in [0.1, 0.15) is 24.4 Å². The summed E-state index contributed by atoms with van der Waals surface area (Å²) >= 11 is 4.75. The van der Waals surface area contributed by atoms with Gasteiger partial charge in [0.05, 0.1) is 12.9 Å². The molecule has 0 saturated carbocycles. The largest absolute Gasteiger partial charge is 0.497 e. The van der Waals surface area contributed by atoms with Gasteiger partial charge in [0, 0.05) is 23.3 Å². The zero-order chi connectivity index (χ0) is 21.7. The van der Waals surface area contributed by atoms with Crippen molar-refractivity contribution in [2.24, 2.45) is 7.05 Å². The third-order valence-electron chi connectivity index (χ3n) is 4.38. The fourth-order valence-electron chi connectivity index (χ4n) is 2.82. The molecule has 9 heteroatoms. The second-order valence-electron chi connectivity index (χ2n) is 6.63. The van der Waals surface area contributed by atoms with Crippen LogP contribution in [0.4, 0.5) is 5.69 Å². The number of aryl methyl sites for hydroxylation is 1. The average molecular weight is 491 g/mol. The van der Waals surface area contributed by atoms with E-state index in [0.717, 1.165) is 21.5 Å². The normalized spacial score (nSPS) is 11.8. The number of hydrogen-bond donors (Lipinski definition) is 1. The van der Waals surface area contributed by atoms with Crippen LogP contribution >= 0.6 is 27.7 Å². The number of halogens is 1. The Morgan fingerprint density at radius 1 is 1.23 bits per heavy atom. The van der Waals surface area contributed by atoms with Crippen LogP contribution in [-0.2, 0) is 11.8 Å². The van der Waals surface area contributed by atoms with Gasteiger partial charge in [-0.15, -0.1) is 10.2 Å². The van der Waals surface area contributed by atoms with Gasteiger partial charge >= 0.3 is 0 Å². The number of ether oxygens (including phenoxy) is 2. The molecule has 0 bridgehead atoms. The van der Waals surface area contributed by atoms with E-state index in [-0.39, 0.29) is 17.8 Å². The number of rotatable bonds is 8. The van der Waals surface area contributed by atoms with E-state index in [2.05, 4.69) is 31.4 Å². The molecule has 0 aliphatic carbocycles. The van der Waals surface area contributed by atoms with E-state index >= 15 is 0 Å². The highest BCUT2D eigenvalue weighted by atomic mass is 79.9. The molecule has 0 aliphatic rings. The number of nitrogens with one attached hydrogen (secondary N) is 1. The van der Waals surface area contributed by atoms with E-state index < -0.39 is 0 Å². The highest BCUT2D eigenvalue weighted by molar-refractivity contribution is 9.10. The predicted molar refractivity (Wildman–Crippen MR) is 121 cm³/mol. The topological polar surface area (TPSA) is 78.3 Å². The highest BCUT2D eigenvalue weighted by Gasteiger charge is 2.18. The van der Waals surface area contributed by atoms with Gasteiger partial charge in [-0.05, 0) is 49.7 Å². The Labute approximate surface area is 188 Å². The number of carbonyl (C=O) groups excluding carboxylic acids is 1. The van der Waals surface area contributed by atoms with Gasteiger partial charge in [0.15, 0.2) is 17.1 Å². The number of nitrogens with zero attached hydrogens (tertiary/aromatic N) is 3. The van der Waals surface area contributed by atoms with Gasteiger partial charge in [-0.25, -0.2) is 0 Å². The van der Waals surface area contributed by atoms with Crippen molar-refractivity contribution in [2.75, 3.05) is 18.2 Å². The standard InChI is InChI=1S/C21H23BrN4O3S/c1-13-10-15(22)8-9-18(13)23-19(27)12-30-21-25-24-20(26(21)3)14(2)29-17-7-5-6-16(11-17)28-4/h5-11,14H,12H2,1-4H3,(H,23,27). The Bertz CT molecular complexity index is 1040. The lowest BCUT2D eigenvalue weighted by Gasteiger charge is -2.15. The fraction of sp³-hybridized carbons (Fsp3) is 0.286. The number of anilines is 1. The Hall–Kier alpha value is -2.52. The second kappa shape index (κ2) is 9.99. The van der Waals surface area contributed by atoms with Gasteiger partial charge in [-0.3, -0.25) is 4.79 Å². The van der Waals surface area contributed by atoms with Gasteiger partial charge in [-0.2, -0.15) is 0 Å². The highest BCUT2D eigenvalue weighted by Crippen LogP contribution is 2.26. The number of benzene rings is 2. The lowest BCUT2D eigenvalue weighted by molar-refractivity contribution is -0.113. The molecular weight excluding hydrogens is 468 g/mol. The number of thioether (sulfide) groups is 1. The molecule has 1 aromatic heterocycles. The van der Waals surface area contributed by atoms with E-state index in [1.165, 1.54) is 11.8 Å². The molecule has 158 valence electrons. The van der Waals surface area contributed by atoms with Crippen LogP contribution in [0.15, 0.2) is 52.1 Å². The zero-order valence-corrected chi connectivity index (χ0v) is 19.6. The van der Waals surface area contributed by atoms with E-state index in [1.807, 2.05) is 67.9 Å². The second-order valence-corrected chi connectivity index (χ2v) is 8.49. The van der Waals surface area contributed by atoms with Gasteiger partial charge in [0.1, 0.15) is 11.5 Å². The van der Waals surface area contributed by atoms with Crippen molar-refractivity contribution in [1.29, 1.82) is 0 Å². The first-order valence-electron chi connectivity index (χ1n) is 9.26. The lowest BCUT2D eigenvalue weighted by atomic mass is 10.2. The molecule has 2 aromatic carbocycles. The molecule has 0 radical (unpaired) electrons. The molecule has 3 aromatic rings. The first-order chi connectivity index (χ1) is 14.4. The Balaban J connectivity index is 1.59. The first kappa shape index (κ1) is 22.2. The maximum absolute atomic E-state index is 12.3.